The molecule has 0 spiro atoms. The molecule has 19 heteroatoms. The Morgan fingerprint density at radius 1 is 0.417 bits per heavy atom. The lowest BCUT2D eigenvalue weighted by atomic mass is 9.96. The van der Waals surface area contributed by atoms with Crippen LogP contribution in [-0.4, -0.2) is 193 Å². The summed E-state index contributed by atoms with van der Waals surface area (Å²) in [7, 11) is 0. The highest BCUT2D eigenvalue weighted by Crippen LogP contribution is 2.33. The summed E-state index contributed by atoms with van der Waals surface area (Å²) in [5, 5.41) is 120. The zero-order valence-corrected chi connectivity index (χ0v) is 52.2. The van der Waals surface area contributed by atoms with Gasteiger partial charge in [0.1, 0.15) is 73.2 Å². The molecule has 3 rings (SSSR count). The molecule has 84 heavy (non-hydrogen) atoms. The van der Waals surface area contributed by atoms with Crippen molar-refractivity contribution < 1.29 is 89.4 Å². The second-order valence-electron chi connectivity index (χ2n) is 24.7. The van der Waals surface area contributed by atoms with E-state index < -0.39 is 124 Å². The van der Waals surface area contributed by atoms with E-state index >= 15 is 0 Å². The summed E-state index contributed by atoms with van der Waals surface area (Å²) in [6, 6.07) is -0.966. The third-order valence-corrected chi connectivity index (χ3v) is 17.3. The SMILES string of the molecule is CCCCCCCCC/C=C/C(O)C(COC1OC(CO)C(OC2OC(CO)C(OC3OC(CO)C(O)C(O)C3O)C(O)C2O)C(O)C1O)NC(=O)CCCCCCCCCCCCCCCCCCCCCCCCCCCCCCCC. The minimum atomic E-state index is -1.97. The van der Waals surface area contributed by atoms with Crippen molar-refractivity contribution >= 4 is 5.91 Å². The van der Waals surface area contributed by atoms with E-state index in [-0.39, 0.29) is 18.9 Å². The Bertz CT molecular complexity index is 1580. The van der Waals surface area contributed by atoms with Crippen LogP contribution in [0, 0.1) is 0 Å². The van der Waals surface area contributed by atoms with Gasteiger partial charge in [-0.05, 0) is 19.3 Å². The molecule has 0 aliphatic carbocycles. The second kappa shape index (κ2) is 48.4. The fourth-order valence-corrected chi connectivity index (χ4v) is 11.8. The topological polar surface area (TPSA) is 307 Å². The molecule has 1 amide bonds. The van der Waals surface area contributed by atoms with Crippen molar-refractivity contribution in [3.8, 4) is 0 Å². The number of aliphatic hydroxyl groups excluding tert-OH is 11. The molecule has 3 aliphatic heterocycles. The number of unbranched alkanes of at least 4 members (excludes halogenated alkanes) is 36. The van der Waals surface area contributed by atoms with Gasteiger partial charge in [0.25, 0.3) is 0 Å². The number of carbonyl (C=O) groups excluding carboxylic acids is 1. The predicted molar refractivity (Wildman–Crippen MR) is 323 cm³/mol. The Kier molecular flexibility index (Phi) is 44.2. The van der Waals surface area contributed by atoms with Crippen molar-refractivity contribution in [2.45, 2.75) is 369 Å². The lowest BCUT2D eigenvalue weighted by molar-refractivity contribution is -0.379. The number of ether oxygens (including phenoxy) is 6. The van der Waals surface area contributed by atoms with Crippen molar-refractivity contribution in [2.75, 3.05) is 26.4 Å². The Balaban J connectivity index is 1.34. The lowest BCUT2D eigenvalue weighted by Gasteiger charge is -2.48. The Morgan fingerprint density at radius 3 is 1.12 bits per heavy atom. The van der Waals surface area contributed by atoms with Gasteiger partial charge in [-0.2, -0.15) is 0 Å². The molecule has 3 saturated heterocycles. The predicted octanol–water partition coefficient (Wildman–Crippen LogP) is 8.11. The molecule has 3 fully saturated rings. The van der Waals surface area contributed by atoms with Gasteiger partial charge in [-0.3, -0.25) is 4.79 Å². The van der Waals surface area contributed by atoms with Crippen molar-refractivity contribution in [3.05, 3.63) is 12.2 Å². The van der Waals surface area contributed by atoms with Gasteiger partial charge in [0.05, 0.1) is 38.6 Å². The van der Waals surface area contributed by atoms with Crippen LogP contribution in [0.3, 0.4) is 0 Å². The van der Waals surface area contributed by atoms with E-state index in [4.69, 9.17) is 28.4 Å². The van der Waals surface area contributed by atoms with Gasteiger partial charge >= 0.3 is 0 Å². The average Bonchev–Trinajstić information content (AvgIpc) is 3.69. The molecular formula is C65H123NO18. The van der Waals surface area contributed by atoms with E-state index in [1.807, 2.05) is 6.08 Å². The number of carbonyl (C=O) groups is 1. The van der Waals surface area contributed by atoms with Crippen LogP contribution in [0.15, 0.2) is 12.2 Å². The average molecular weight is 1210 g/mol. The van der Waals surface area contributed by atoms with E-state index in [2.05, 4.69) is 19.2 Å². The van der Waals surface area contributed by atoms with Gasteiger partial charge in [-0.15, -0.1) is 0 Å². The van der Waals surface area contributed by atoms with E-state index in [1.165, 1.54) is 193 Å². The van der Waals surface area contributed by atoms with E-state index in [1.54, 1.807) is 6.08 Å². The fourth-order valence-electron chi connectivity index (χ4n) is 11.8. The van der Waals surface area contributed by atoms with Crippen LogP contribution >= 0.6 is 0 Å². The zero-order chi connectivity index (χ0) is 61.2. The van der Waals surface area contributed by atoms with Gasteiger partial charge in [0.15, 0.2) is 18.9 Å². The molecule has 17 atom stereocenters. The smallest absolute Gasteiger partial charge is 0.220 e. The van der Waals surface area contributed by atoms with E-state index in [0.29, 0.717) is 6.42 Å². The standard InChI is InChI=1S/C65H123NO18/c1-3-5-7-9-11-13-14-15-16-17-18-19-20-21-22-23-24-25-26-27-28-29-30-31-32-33-35-37-39-41-43-53(71)66-48(49(70)42-40-38-36-34-12-10-8-6-4-2)47-79-63-59(77)56(74)61(51(45-68)81-63)84-65-60(78)57(75)62(52(46-69)82-65)83-64-58(76)55(73)54(72)50(44-67)80-64/h40,42,48-52,54-65,67-70,72-78H,3-39,41,43-47H2,1-2H3,(H,66,71)/b42-40+. The van der Waals surface area contributed by atoms with Crippen molar-refractivity contribution in [1.29, 1.82) is 0 Å². The first-order valence-corrected chi connectivity index (χ1v) is 33.9. The molecule has 0 saturated carbocycles. The van der Waals surface area contributed by atoms with Gasteiger partial charge in [-0.25, -0.2) is 0 Å². The second-order valence-corrected chi connectivity index (χ2v) is 24.7. The Hall–Kier alpha value is -1.47. The molecule has 0 aromatic carbocycles. The largest absolute Gasteiger partial charge is 0.394 e. The molecule has 19 nitrogen and oxygen atoms in total. The zero-order valence-electron chi connectivity index (χ0n) is 52.2. The van der Waals surface area contributed by atoms with E-state index in [9.17, 15) is 61.0 Å². The van der Waals surface area contributed by atoms with Gasteiger partial charge < -0.3 is 89.9 Å². The minimum Gasteiger partial charge on any atom is -0.394 e. The maximum Gasteiger partial charge on any atom is 0.220 e. The third-order valence-electron chi connectivity index (χ3n) is 17.3. The van der Waals surface area contributed by atoms with Crippen LogP contribution in [0.25, 0.3) is 0 Å². The van der Waals surface area contributed by atoms with Crippen LogP contribution in [0.4, 0.5) is 0 Å². The van der Waals surface area contributed by atoms with Crippen molar-refractivity contribution in [3.63, 3.8) is 0 Å². The summed E-state index contributed by atoms with van der Waals surface area (Å²) in [5.74, 6) is -0.273. The highest BCUT2D eigenvalue weighted by Gasteiger charge is 2.53. The van der Waals surface area contributed by atoms with Crippen LogP contribution in [-0.2, 0) is 33.2 Å². The highest BCUT2D eigenvalue weighted by atomic mass is 16.8. The quantitative estimate of drug-likeness (QED) is 0.0202. The highest BCUT2D eigenvalue weighted by molar-refractivity contribution is 5.76. The molecule has 3 aliphatic rings. The van der Waals surface area contributed by atoms with Gasteiger partial charge in [0.2, 0.25) is 5.91 Å². The van der Waals surface area contributed by atoms with Crippen LogP contribution in [0.1, 0.15) is 264 Å². The number of rotatable bonds is 52. The molecule has 496 valence electrons. The first-order valence-electron chi connectivity index (χ1n) is 33.9. The lowest BCUT2D eigenvalue weighted by Crippen LogP contribution is -2.66. The normalized spacial score (nSPS) is 29.2. The summed E-state index contributed by atoms with van der Waals surface area (Å²) in [6.07, 6.45) is 25.3. The molecule has 17 unspecified atom stereocenters. The molecule has 12 N–H and O–H groups in total. The molecule has 0 aromatic heterocycles. The molecule has 0 aromatic rings. The monoisotopic (exact) mass is 1210 g/mol. The number of amides is 1. The van der Waals surface area contributed by atoms with Gasteiger partial charge in [-0.1, -0.05) is 251 Å². The first-order chi connectivity index (χ1) is 40.8. The van der Waals surface area contributed by atoms with Crippen LogP contribution in [0.2, 0.25) is 0 Å². The summed E-state index contributed by atoms with van der Waals surface area (Å²) in [6.45, 7) is 1.71. The maximum absolute atomic E-state index is 13.3. The molecular weight excluding hydrogens is 1080 g/mol. The summed E-state index contributed by atoms with van der Waals surface area (Å²) >= 11 is 0. The Labute approximate surface area is 506 Å². The van der Waals surface area contributed by atoms with Crippen LogP contribution in [0.5, 0.6) is 0 Å². The molecule has 0 bridgehead atoms. The summed E-state index contributed by atoms with van der Waals surface area (Å²) in [4.78, 5) is 13.3. The van der Waals surface area contributed by atoms with Crippen molar-refractivity contribution in [1.82, 2.24) is 5.32 Å². The number of hydrogen-bond donors (Lipinski definition) is 12. The first kappa shape index (κ1) is 76.8. The minimum absolute atomic E-state index is 0.249. The summed E-state index contributed by atoms with van der Waals surface area (Å²) < 4.78 is 34.2. The fraction of sp³-hybridized carbons (Fsp3) is 0.954. The number of aliphatic hydroxyl groups is 11. The van der Waals surface area contributed by atoms with Crippen molar-refractivity contribution in [2.24, 2.45) is 0 Å². The molecule has 3 heterocycles. The number of nitrogens with one attached hydrogen (secondary N) is 1. The van der Waals surface area contributed by atoms with E-state index in [0.717, 1.165) is 44.9 Å². The van der Waals surface area contributed by atoms with Gasteiger partial charge in [0, 0.05) is 6.42 Å². The number of hydrogen-bond acceptors (Lipinski definition) is 18. The third kappa shape index (κ3) is 30.8. The summed E-state index contributed by atoms with van der Waals surface area (Å²) in [5.41, 5.74) is 0. The maximum atomic E-state index is 13.3. The van der Waals surface area contributed by atoms with Crippen LogP contribution < -0.4 is 5.32 Å². The number of allylic oxidation sites excluding steroid dienone is 1. The Morgan fingerprint density at radius 2 is 0.738 bits per heavy atom. The molecule has 0 radical (unpaired) electrons.